The molecule has 1 N–H and O–H groups in total. The van der Waals surface area contributed by atoms with E-state index in [0.29, 0.717) is 17.5 Å². The molecule has 1 heterocycles. The summed E-state index contributed by atoms with van der Waals surface area (Å²) in [5.41, 5.74) is 0.515. The minimum Gasteiger partial charge on any atom is -0.497 e. The molecule has 1 aromatic carbocycles. The number of ether oxygens (including phenoxy) is 2. The average Bonchev–Trinajstić information content (AvgIpc) is 2.42. The molecule has 4 heteroatoms. The number of benzene rings is 1. The zero-order valence-corrected chi connectivity index (χ0v) is 11.6. The van der Waals surface area contributed by atoms with Gasteiger partial charge in [-0.3, -0.25) is 0 Å². The Morgan fingerprint density at radius 1 is 1.47 bits per heavy atom. The Hall–Kier alpha value is -1.29. The summed E-state index contributed by atoms with van der Waals surface area (Å²) < 4.78 is 24.6. The maximum Gasteiger partial charge on any atom is 0.146 e. The summed E-state index contributed by atoms with van der Waals surface area (Å²) in [4.78, 5) is 0. The Kier molecular flexibility index (Phi) is 5.02. The highest BCUT2D eigenvalue weighted by atomic mass is 19.1. The summed E-state index contributed by atoms with van der Waals surface area (Å²) in [5, 5.41) is 3.28. The topological polar surface area (TPSA) is 30.5 Å². The van der Waals surface area contributed by atoms with Gasteiger partial charge in [0.15, 0.2) is 0 Å². The molecule has 1 aliphatic heterocycles. The van der Waals surface area contributed by atoms with Crippen LogP contribution in [0.25, 0.3) is 0 Å². The molecule has 19 heavy (non-hydrogen) atoms. The fraction of sp³-hybridized carbons (Fsp3) is 0.600. The maximum absolute atomic E-state index is 13.8. The zero-order chi connectivity index (χ0) is 13.7. The first-order valence-electron chi connectivity index (χ1n) is 6.94. The molecule has 1 aromatic rings. The SMILES string of the molecule is CCCC1CC(Nc2cc(OC)ccc2F)CCO1. The van der Waals surface area contributed by atoms with E-state index in [9.17, 15) is 4.39 Å². The highest BCUT2D eigenvalue weighted by Gasteiger charge is 2.22. The monoisotopic (exact) mass is 267 g/mol. The van der Waals surface area contributed by atoms with Gasteiger partial charge in [0.05, 0.1) is 18.9 Å². The Bertz CT molecular complexity index is 409. The zero-order valence-electron chi connectivity index (χ0n) is 11.6. The molecule has 0 bridgehead atoms. The summed E-state index contributed by atoms with van der Waals surface area (Å²) in [7, 11) is 1.59. The van der Waals surface area contributed by atoms with Crippen molar-refractivity contribution < 1.29 is 13.9 Å². The van der Waals surface area contributed by atoms with Crippen molar-refractivity contribution in [2.24, 2.45) is 0 Å². The molecule has 0 spiro atoms. The van der Waals surface area contributed by atoms with E-state index in [1.807, 2.05) is 0 Å². The summed E-state index contributed by atoms with van der Waals surface area (Å²) in [5.74, 6) is 0.431. The average molecular weight is 267 g/mol. The number of rotatable bonds is 5. The largest absolute Gasteiger partial charge is 0.497 e. The quantitative estimate of drug-likeness (QED) is 0.884. The van der Waals surface area contributed by atoms with Crippen LogP contribution in [-0.2, 0) is 4.74 Å². The highest BCUT2D eigenvalue weighted by Crippen LogP contribution is 2.25. The Balaban J connectivity index is 2.00. The molecule has 2 rings (SSSR count). The molecule has 0 aliphatic carbocycles. The van der Waals surface area contributed by atoms with Gasteiger partial charge in [0.1, 0.15) is 11.6 Å². The van der Waals surface area contributed by atoms with E-state index in [2.05, 4.69) is 12.2 Å². The lowest BCUT2D eigenvalue weighted by Crippen LogP contribution is -2.34. The smallest absolute Gasteiger partial charge is 0.146 e. The first kappa shape index (κ1) is 14.1. The lowest BCUT2D eigenvalue weighted by Gasteiger charge is -2.30. The Morgan fingerprint density at radius 3 is 3.05 bits per heavy atom. The molecule has 1 fully saturated rings. The van der Waals surface area contributed by atoms with Crippen molar-refractivity contribution in [2.75, 3.05) is 19.0 Å². The van der Waals surface area contributed by atoms with Crippen molar-refractivity contribution in [3.05, 3.63) is 24.0 Å². The molecule has 2 atom stereocenters. The summed E-state index contributed by atoms with van der Waals surface area (Å²) >= 11 is 0. The van der Waals surface area contributed by atoms with Gasteiger partial charge in [-0.2, -0.15) is 0 Å². The van der Waals surface area contributed by atoms with E-state index in [-0.39, 0.29) is 11.9 Å². The summed E-state index contributed by atoms with van der Waals surface area (Å²) in [6.45, 7) is 2.90. The van der Waals surface area contributed by atoms with Gasteiger partial charge in [-0.05, 0) is 31.4 Å². The first-order valence-corrected chi connectivity index (χ1v) is 6.94. The molecule has 0 radical (unpaired) electrons. The van der Waals surface area contributed by atoms with Crippen LogP contribution in [0, 0.1) is 5.82 Å². The standard InChI is InChI=1S/C15H22FNO2/c1-3-4-13-9-11(7-8-19-13)17-15-10-12(18-2)5-6-14(15)16/h5-6,10-11,13,17H,3-4,7-9H2,1-2H3. The third-order valence-electron chi connectivity index (χ3n) is 3.51. The van der Waals surface area contributed by atoms with Crippen LogP contribution in [0.3, 0.4) is 0 Å². The van der Waals surface area contributed by atoms with E-state index < -0.39 is 0 Å². The van der Waals surface area contributed by atoms with Crippen LogP contribution in [0.4, 0.5) is 10.1 Å². The van der Waals surface area contributed by atoms with Crippen LogP contribution < -0.4 is 10.1 Å². The highest BCUT2D eigenvalue weighted by molar-refractivity contribution is 5.50. The van der Waals surface area contributed by atoms with Gasteiger partial charge in [-0.25, -0.2) is 4.39 Å². The third kappa shape index (κ3) is 3.83. The number of hydrogen-bond acceptors (Lipinski definition) is 3. The van der Waals surface area contributed by atoms with E-state index in [4.69, 9.17) is 9.47 Å². The lowest BCUT2D eigenvalue weighted by atomic mass is 10.00. The van der Waals surface area contributed by atoms with Crippen molar-refractivity contribution in [2.45, 2.75) is 44.8 Å². The van der Waals surface area contributed by atoms with Crippen molar-refractivity contribution >= 4 is 5.69 Å². The van der Waals surface area contributed by atoms with Gasteiger partial charge >= 0.3 is 0 Å². The van der Waals surface area contributed by atoms with Gasteiger partial charge in [-0.15, -0.1) is 0 Å². The summed E-state index contributed by atoms with van der Waals surface area (Å²) in [6.07, 6.45) is 4.33. The van der Waals surface area contributed by atoms with Crippen LogP contribution in [0.5, 0.6) is 5.75 Å². The second-order valence-electron chi connectivity index (χ2n) is 4.99. The molecule has 0 aromatic heterocycles. The predicted molar refractivity (Wildman–Crippen MR) is 74.2 cm³/mol. The molecule has 1 saturated heterocycles. The normalized spacial score (nSPS) is 23.1. The van der Waals surface area contributed by atoms with Gasteiger partial charge in [-0.1, -0.05) is 13.3 Å². The van der Waals surface area contributed by atoms with Crippen molar-refractivity contribution in [1.82, 2.24) is 0 Å². The number of anilines is 1. The molecular formula is C15H22FNO2. The fourth-order valence-corrected chi connectivity index (χ4v) is 2.50. The fourth-order valence-electron chi connectivity index (χ4n) is 2.50. The van der Waals surface area contributed by atoms with Gasteiger partial charge in [0, 0.05) is 18.7 Å². The molecule has 0 saturated carbocycles. The number of hydrogen-bond donors (Lipinski definition) is 1. The van der Waals surface area contributed by atoms with Crippen molar-refractivity contribution in [3.8, 4) is 5.75 Å². The van der Waals surface area contributed by atoms with Gasteiger partial charge in [0.25, 0.3) is 0 Å². The van der Waals surface area contributed by atoms with Crippen molar-refractivity contribution in [3.63, 3.8) is 0 Å². The van der Waals surface area contributed by atoms with Crippen LogP contribution in [0.15, 0.2) is 18.2 Å². The molecule has 106 valence electrons. The maximum atomic E-state index is 13.8. The van der Waals surface area contributed by atoms with Crippen LogP contribution in [-0.4, -0.2) is 25.9 Å². The first-order chi connectivity index (χ1) is 9.22. The van der Waals surface area contributed by atoms with Crippen LogP contribution >= 0.6 is 0 Å². The Morgan fingerprint density at radius 2 is 2.32 bits per heavy atom. The minimum absolute atomic E-state index is 0.237. The molecule has 0 amide bonds. The van der Waals surface area contributed by atoms with E-state index >= 15 is 0 Å². The van der Waals surface area contributed by atoms with E-state index in [1.54, 1.807) is 19.2 Å². The molecule has 2 unspecified atom stereocenters. The minimum atomic E-state index is -0.237. The second kappa shape index (κ2) is 6.75. The van der Waals surface area contributed by atoms with Crippen LogP contribution in [0.2, 0.25) is 0 Å². The van der Waals surface area contributed by atoms with E-state index in [0.717, 1.165) is 32.3 Å². The van der Waals surface area contributed by atoms with Gasteiger partial charge in [0.2, 0.25) is 0 Å². The molecule has 3 nitrogen and oxygen atoms in total. The van der Waals surface area contributed by atoms with Gasteiger partial charge < -0.3 is 14.8 Å². The number of nitrogens with one attached hydrogen (secondary N) is 1. The van der Waals surface area contributed by atoms with Crippen molar-refractivity contribution in [1.29, 1.82) is 0 Å². The predicted octanol–water partition coefficient (Wildman–Crippen LogP) is 3.59. The molecule has 1 aliphatic rings. The summed E-state index contributed by atoms with van der Waals surface area (Å²) in [6, 6.07) is 5.04. The second-order valence-corrected chi connectivity index (χ2v) is 4.99. The van der Waals surface area contributed by atoms with E-state index in [1.165, 1.54) is 6.07 Å². The number of methoxy groups -OCH3 is 1. The number of halogens is 1. The third-order valence-corrected chi connectivity index (χ3v) is 3.51. The Labute approximate surface area is 114 Å². The molecular weight excluding hydrogens is 245 g/mol. The lowest BCUT2D eigenvalue weighted by molar-refractivity contribution is 0.00593. The van der Waals surface area contributed by atoms with Crippen LogP contribution in [0.1, 0.15) is 32.6 Å².